The first-order valence-electron chi connectivity index (χ1n) is 11.2. The van der Waals surface area contributed by atoms with Crippen LogP contribution < -0.4 is 27.4 Å². The molecule has 3 amide bonds. The van der Waals surface area contributed by atoms with Crippen LogP contribution in [0.3, 0.4) is 0 Å². The minimum atomic E-state index is -1.14. The summed E-state index contributed by atoms with van der Waals surface area (Å²) in [6, 6.07) is 6.46. The summed E-state index contributed by atoms with van der Waals surface area (Å²) < 4.78 is 0. The minimum absolute atomic E-state index is 0.0652. The predicted octanol–water partition coefficient (Wildman–Crippen LogP) is -0.0981. The summed E-state index contributed by atoms with van der Waals surface area (Å²) in [6.07, 6.45) is 2.10. The summed E-state index contributed by atoms with van der Waals surface area (Å²) in [4.78, 5) is 48.8. The second kappa shape index (κ2) is 15.0. The molecule has 1 rings (SSSR count). The number of nitrogens with one attached hydrogen (secondary N) is 3. The second-order valence-electron chi connectivity index (χ2n) is 8.45. The molecule has 1 aromatic rings. The Balaban J connectivity index is 2.61. The molecule has 0 aliphatic heterocycles. The molecule has 0 radical (unpaired) electrons. The number of aliphatic carboxylic acids is 1. The van der Waals surface area contributed by atoms with Crippen molar-refractivity contribution < 1.29 is 24.3 Å². The predicted molar refractivity (Wildman–Crippen MR) is 125 cm³/mol. The third-order valence-corrected chi connectivity index (χ3v) is 4.98. The maximum absolute atomic E-state index is 12.7. The van der Waals surface area contributed by atoms with Crippen LogP contribution in [0.4, 0.5) is 0 Å². The van der Waals surface area contributed by atoms with E-state index in [0.29, 0.717) is 32.2 Å². The number of amides is 3. The van der Waals surface area contributed by atoms with Gasteiger partial charge in [-0.05, 0) is 50.1 Å². The van der Waals surface area contributed by atoms with Crippen molar-refractivity contribution >= 4 is 23.7 Å². The Morgan fingerprint density at radius 1 is 0.970 bits per heavy atom. The van der Waals surface area contributed by atoms with Gasteiger partial charge in [-0.15, -0.1) is 0 Å². The standard InChI is InChI=1S/C23H37N5O5/c1-15(2)12-19(22(31)28-18(23(32)33)10-6-7-11-24)27-20(29)14-26-21(30)17(25)13-16-8-4-3-5-9-16/h3-5,8-9,15,17-19H,6-7,10-14,24-25H2,1-2H3,(H,26,30)(H,27,29)(H,28,31)(H,32,33). The Hall–Kier alpha value is -2.98. The third kappa shape index (κ3) is 11.4. The third-order valence-electron chi connectivity index (χ3n) is 4.98. The first kappa shape index (κ1) is 28.1. The number of carboxylic acid groups (broad SMARTS) is 1. The highest BCUT2D eigenvalue weighted by atomic mass is 16.4. The zero-order chi connectivity index (χ0) is 24.8. The van der Waals surface area contributed by atoms with Gasteiger partial charge in [-0.25, -0.2) is 4.79 Å². The molecule has 10 nitrogen and oxygen atoms in total. The zero-order valence-electron chi connectivity index (χ0n) is 19.4. The van der Waals surface area contributed by atoms with Crippen molar-refractivity contribution in [3.63, 3.8) is 0 Å². The highest BCUT2D eigenvalue weighted by Crippen LogP contribution is 2.07. The minimum Gasteiger partial charge on any atom is -0.480 e. The molecular weight excluding hydrogens is 426 g/mol. The van der Waals surface area contributed by atoms with Crippen LogP contribution >= 0.6 is 0 Å². The maximum atomic E-state index is 12.7. The summed E-state index contributed by atoms with van der Waals surface area (Å²) in [7, 11) is 0. The summed E-state index contributed by atoms with van der Waals surface area (Å²) in [5.41, 5.74) is 12.3. The Kier molecular flexibility index (Phi) is 12.7. The molecule has 0 spiro atoms. The lowest BCUT2D eigenvalue weighted by molar-refractivity contribution is -0.142. The van der Waals surface area contributed by atoms with Crippen molar-refractivity contribution in [3.8, 4) is 0 Å². The van der Waals surface area contributed by atoms with Gasteiger partial charge < -0.3 is 32.5 Å². The molecule has 0 heterocycles. The summed E-state index contributed by atoms with van der Waals surface area (Å²) in [5.74, 6) is -2.70. The van der Waals surface area contributed by atoms with Crippen LogP contribution in [0.2, 0.25) is 0 Å². The quantitative estimate of drug-likeness (QED) is 0.197. The van der Waals surface area contributed by atoms with Gasteiger partial charge in [0.1, 0.15) is 12.1 Å². The molecule has 0 bridgehead atoms. The fourth-order valence-electron chi connectivity index (χ4n) is 3.23. The van der Waals surface area contributed by atoms with Crippen LogP contribution in [0, 0.1) is 5.92 Å². The van der Waals surface area contributed by atoms with E-state index in [1.165, 1.54) is 0 Å². The Bertz CT molecular complexity index is 772. The summed E-state index contributed by atoms with van der Waals surface area (Å²) in [5, 5.41) is 16.9. The molecule has 0 aliphatic carbocycles. The first-order chi connectivity index (χ1) is 15.6. The van der Waals surface area contributed by atoms with Gasteiger partial charge in [-0.1, -0.05) is 44.2 Å². The molecular formula is C23H37N5O5. The van der Waals surface area contributed by atoms with E-state index in [1.54, 1.807) is 0 Å². The molecule has 0 aliphatic rings. The van der Waals surface area contributed by atoms with Gasteiger partial charge in [0.15, 0.2) is 0 Å². The van der Waals surface area contributed by atoms with E-state index in [1.807, 2.05) is 44.2 Å². The maximum Gasteiger partial charge on any atom is 0.326 e. The van der Waals surface area contributed by atoms with E-state index in [-0.39, 0.29) is 18.9 Å². The van der Waals surface area contributed by atoms with Crippen molar-refractivity contribution in [2.75, 3.05) is 13.1 Å². The fraction of sp³-hybridized carbons (Fsp3) is 0.565. The van der Waals surface area contributed by atoms with E-state index in [0.717, 1.165) is 5.56 Å². The normalized spacial score (nSPS) is 13.6. The number of hydrogen-bond acceptors (Lipinski definition) is 6. The van der Waals surface area contributed by atoms with Gasteiger partial charge in [0.25, 0.3) is 0 Å². The van der Waals surface area contributed by atoms with Crippen molar-refractivity contribution in [3.05, 3.63) is 35.9 Å². The average molecular weight is 464 g/mol. The van der Waals surface area contributed by atoms with E-state index in [4.69, 9.17) is 11.5 Å². The second-order valence-corrected chi connectivity index (χ2v) is 8.45. The number of hydrogen-bond donors (Lipinski definition) is 6. The molecule has 0 aromatic heterocycles. The SMILES string of the molecule is CC(C)CC(NC(=O)CNC(=O)C(N)Cc1ccccc1)C(=O)NC(CCCCN)C(=O)O. The van der Waals surface area contributed by atoms with Gasteiger partial charge in [0, 0.05) is 0 Å². The van der Waals surface area contributed by atoms with Crippen LogP contribution in [0.25, 0.3) is 0 Å². The number of unbranched alkanes of at least 4 members (excludes halogenated alkanes) is 1. The number of rotatable bonds is 15. The van der Waals surface area contributed by atoms with Crippen LogP contribution in [0.5, 0.6) is 0 Å². The number of carbonyl (C=O) groups is 4. The molecule has 33 heavy (non-hydrogen) atoms. The van der Waals surface area contributed by atoms with Crippen molar-refractivity contribution in [2.24, 2.45) is 17.4 Å². The molecule has 184 valence electrons. The highest BCUT2D eigenvalue weighted by Gasteiger charge is 2.27. The lowest BCUT2D eigenvalue weighted by atomic mass is 10.0. The number of carbonyl (C=O) groups excluding carboxylic acids is 3. The van der Waals surface area contributed by atoms with Crippen LogP contribution in [0.15, 0.2) is 30.3 Å². The van der Waals surface area contributed by atoms with Crippen LogP contribution in [-0.2, 0) is 25.6 Å². The van der Waals surface area contributed by atoms with Crippen molar-refractivity contribution in [1.82, 2.24) is 16.0 Å². The van der Waals surface area contributed by atoms with Crippen LogP contribution in [0.1, 0.15) is 45.1 Å². The Labute approximate surface area is 194 Å². The number of carboxylic acids is 1. The number of nitrogens with two attached hydrogens (primary N) is 2. The lowest BCUT2D eigenvalue weighted by Gasteiger charge is -2.23. The molecule has 3 unspecified atom stereocenters. The molecule has 0 saturated carbocycles. The van der Waals surface area contributed by atoms with Gasteiger partial charge in [-0.2, -0.15) is 0 Å². The highest BCUT2D eigenvalue weighted by molar-refractivity contribution is 5.92. The van der Waals surface area contributed by atoms with Crippen LogP contribution in [-0.4, -0.2) is 60.0 Å². The molecule has 8 N–H and O–H groups in total. The summed E-state index contributed by atoms with van der Waals surface area (Å²) in [6.45, 7) is 3.86. The van der Waals surface area contributed by atoms with Crippen molar-refractivity contribution in [1.29, 1.82) is 0 Å². The van der Waals surface area contributed by atoms with Gasteiger partial charge in [0.05, 0.1) is 12.6 Å². The largest absolute Gasteiger partial charge is 0.480 e. The van der Waals surface area contributed by atoms with E-state index < -0.39 is 41.8 Å². The molecule has 10 heteroatoms. The number of benzene rings is 1. The molecule has 1 aromatic carbocycles. The smallest absolute Gasteiger partial charge is 0.326 e. The van der Waals surface area contributed by atoms with Gasteiger partial charge >= 0.3 is 5.97 Å². The molecule has 0 fully saturated rings. The summed E-state index contributed by atoms with van der Waals surface area (Å²) >= 11 is 0. The Morgan fingerprint density at radius 3 is 2.21 bits per heavy atom. The van der Waals surface area contributed by atoms with E-state index in [2.05, 4.69) is 16.0 Å². The molecule has 0 saturated heterocycles. The monoisotopic (exact) mass is 463 g/mol. The van der Waals surface area contributed by atoms with Gasteiger partial charge in [0.2, 0.25) is 17.7 Å². The average Bonchev–Trinajstić information content (AvgIpc) is 2.76. The van der Waals surface area contributed by atoms with Gasteiger partial charge in [-0.3, -0.25) is 14.4 Å². The lowest BCUT2D eigenvalue weighted by Crippen LogP contribution is -2.54. The first-order valence-corrected chi connectivity index (χ1v) is 11.2. The van der Waals surface area contributed by atoms with E-state index >= 15 is 0 Å². The Morgan fingerprint density at radius 2 is 1.64 bits per heavy atom. The molecule has 3 atom stereocenters. The fourth-order valence-corrected chi connectivity index (χ4v) is 3.23. The topological polar surface area (TPSA) is 177 Å². The van der Waals surface area contributed by atoms with E-state index in [9.17, 15) is 24.3 Å². The van der Waals surface area contributed by atoms with Crippen molar-refractivity contribution in [2.45, 2.75) is 64.1 Å². The zero-order valence-corrected chi connectivity index (χ0v) is 19.4.